The summed E-state index contributed by atoms with van der Waals surface area (Å²) in [6.45, 7) is 1.23. The number of anilines is 2. The first-order valence-electron chi connectivity index (χ1n) is 9.76. The summed E-state index contributed by atoms with van der Waals surface area (Å²) in [5.74, 6) is 0.739. The van der Waals surface area contributed by atoms with Crippen LogP contribution in [0.15, 0.2) is 36.4 Å². The largest absolute Gasteiger partial charge is 0.497 e. The summed E-state index contributed by atoms with van der Waals surface area (Å²) in [6, 6.07) is 10.9. The quantitative estimate of drug-likeness (QED) is 0.781. The minimum atomic E-state index is -0.0148. The average Bonchev–Trinajstić information content (AvgIpc) is 3.02. The Morgan fingerprint density at radius 1 is 1.28 bits per heavy atom. The first kappa shape index (κ1) is 19.6. The Morgan fingerprint density at radius 2 is 2.10 bits per heavy atom. The van der Waals surface area contributed by atoms with Crippen molar-refractivity contribution in [2.24, 2.45) is 0 Å². The maximum Gasteiger partial charge on any atom is 0.231 e. The number of nitrogens with zero attached hydrogens (tertiary/aromatic N) is 2. The van der Waals surface area contributed by atoms with Crippen LogP contribution in [0, 0.1) is 0 Å². The Bertz CT molecular complexity index is 962. The van der Waals surface area contributed by atoms with E-state index in [2.05, 4.69) is 0 Å². The smallest absolute Gasteiger partial charge is 0.231 e. The summed E-state index contributed by atoms with van der Waals surface area (Å²) in [7, 11) is 1.57. The molecule has 4 rings (SSSR count). The summed E-state index contributed by atoms with van der Waals surface area (Å²) in [4.78, 5) is 29.3. The van der Waals surface area contributed by atoms with E-state index in [-0.39, 0.29) is 24.3 Å². The molecule has 2 aliphatic heterocycles. The van der Waals surface area contributed by atoms with Crippen LogP contribution in [0.3, 0.4) is 0 Å². The summed E-state index contributed by atoms with van der Waals surface area (Å²) in [5.41, 5.74) is 9.23. The lowest BCUT2D eigenvalue weighted by Gasteiger charge is -2.38. The van der Waals surface area contributed by atoms with Crippen molar-refractivity contribution in [3.05, 3.63) is 52.5 Å². The molecule has 6 nitrogen and oxygen atoms in total. The minimum absolute atomic E-state index is 0.0148. The summed E-state index contributed by atoms with van der Waals surface area (Å²) >= 11 is 6.12. The van der Waals surface area contributed by atoms with Crippen molar-refractivity contribution in [2.45, 2.75) is 31.7 Å². The molecule has 1 saturated heterocycles. The summed E-state index contributed by atoms with van der Waals surface area (Å²) in [6.07, 6.45) is 2.37. The van der Waals surface area contributed by atoms with Gasteiger partial charge in [0, 0.05) is 29.5 Å². The minimum Gasteiger partial charge on any atom is -0.497 e. The van der Waals surface area contributed by atoms with Crippen molar-refractivity contribution in [1.82, 2.24) is 4.90 Å². The SMILES string of the molecule is COc1cc(Cl)cc(CC(=O)N2CCC[C@H](N3C(=O)Cc4cc(N)ccc43)C2)c1. The van der Waals surface area contributed by atoms with E-state index in [9.17, 15) is 9.59 Å². The Balaban J connectivity index is 1.48. The van der Waals surface area contributed by atoms with Crippen LogP contribution in [0.4, 0.5) is 11.4 Å². The highest BCUT2D eigenvalue weighted by molar-refractivity contribution is 6.30. The lowest BCUT2D eigenvalue weighted by Crippen LogP contribution is -2.51. The van der Waals surface area contributed by atoms with E-state index in [4.69, 9.17) is 22.1 Å². The second kappa shape index (κ2) is 7.95. The van der Waals surface area contributed by atoms with E-state index in [0.29, 0.717) is 36.0 Å². The lowest BCUT2D eigenvalue weighted by atomic mass is 10.0. The van der Waals surface area contributed by atoms with Crippen LogP contribution in [0.1, 0.15) is 24.0 Å². The molecule has 29 heavy (non-hydrogen) atoms. The Kier molecular flexibility index (Phi) is 5.37. The highest BCUT2D eigenvalue weighted by atomic mass is 35.5. The van der Waals surface area contributed by atoms with Crippen molar-refractivity contribution < 1.29 is 14.3 Å². The number of fused-ring (bicyclic) bond motifs is 1. The van der Waals surface area contributed by atoms with Gasteiger partial charge in [-0.3, -0.25) is 9.59 Å². The van der Waals surface area contributed by atoms with Crippen LogP contribution in [-0.4, -0.2) is 43.0 Å². The molecular weight excluding hydrogens is 390 g/mol. The van der Waals surface area contributed by atoms with Crippen LogP contribution in [0.25, 0.3) is 0 Å². The first-order chi connectivity index (χ1) is 13.9. The number of carbonyl (C=O) groups is 2. The molecule has 1 fully saturated rings. The second-order valence-corrected chi connectivity index (χ2v) is 8.08. The molecule has 0 saturated carbocycles. The van der Waals surface area contributed by atoms with E-state index < -0.39 is 0 Å². The zero-order valence-electron chi connectivity index (χ0n) is 16.4. The lowest BCUT2D eigenvalue weighted by molar-refractivity contribution is -0.132. The fourth-order valence-corrected chi connectivity index (χ4v) is 4.53. The van der Waals surface area contributed by atoms with Crippen molar-refractivity contribution in [2.75, 3.05) is 30.8 Å². The number of piperidine rings is 1. The number of hydrogen-bond donors (Lipinski definition) is 1. The third kappa shape index (κ3) is 4.03. The third-order valence-electron chi connectivity index (χ3n) is 5.61. The van der Waals surface area contributed by atoms with Gasteiger partial charge in [0.15, 0.2) is 0 Å². The first-order valence-corrected chi connectivity index (χ1v) is 10.1. The second-order valence-electron chi connectivity index (χ2n) is 7.64. The number of halogens is 1. The van der Waals surface area contributed by atoms with E-state index in [0.717, 1.165) is 29.7 Å². The molecule has 152 valence electrons. The maximum atomic E-state index is 12.9. The number of carbonyl (C=O) groups excluding carboxylic acids is 2. The molecule has 2 aromatic rings. The van der Waals surface area contributed by atoms with Gasteiger partial charge in [-0.1, -0.05) is 11.6 Å². The zero-order chi connectivity index (χ0) is 20.5. The molecule has 0 radical (unpaired) electrons. The number of methoxy groups -OCH3 is 1. The van der Waals surface area contributed by atoms with Gasteiger partial charge in [-0.15, -0.1) is 0 Å². The molecule has 0 spiro atoms. The number of benzene rings is 2. The molecule has 2 aliphatic rings. The van der Waals surface area contributed by atoms with Crippen molar-refractivity contribution in [1.29, 1.82) is 0 Å². The average molecular weight is 414 g/mol. The molecule has 0 unspecified atom stereocenters. The molecule has 2 aromatic carbocycles. The number of ether oxygens (including phenoxy) is 1. The maximum absolute atomic E-state index is 12.9. The summed E-state index contributed by atoms with van der Waals surface area (Å²) in [5, 5.41) is 0.544. The van der Waals surface area contributed by atoms with Gasteiger partial charge in [-0.05, 0) is 60.4 Å². The van der Waals surface area contributed by atoms with Crippen LogP contribution < -0.4 is 15.4 Å². The fourth-order valence-electron chi connectivity index (χ4n) is 4.28. The van der Waals surface area contributed by atoms with E-state index in [1.54, 1.807) is 19.2 Å². The van der Waals surface area contributed by atoms with Crippen LogP contribution in [0.2, 0.25) is 5.02 Å². The van der Waals surface area contributed by atoms with E-state index in [1.807, 2.05) is 34.1 Å². The Hall–Kier alpha value is -2.73. The number of likely N-dealkylation sites (tertiary alicyclic amines) is 1. The molecule has 1 atom stereocenters. The number of rotatable bonds is 4. The van der Waals surface area contributed by atoms with Crippen molar-refractivity contribution in [3.63, 3.8) is 0 Å². The zero-order valence-corrected chi connectivity index (χ0v) is 17.1. The molecule has 0 bridgehead atoms. The summed E-state index contributed by atoms with van der Waals surface area (Å²) < 4.78 is 5.24. The van der Waals surface area contributed by atoms with Gasteiger partial charge >= 0.3 is 0 Å². The molecular formula is C22H24ClN3O3. The van der Waals surface area contributed by atoms with Crippen molar-refractivity contribution in [3.8, 4) is 5.75 Å². The monoisotopic (exact) mass is 413 g/mol. The molecule has 2 N–H and O–H groups in total. The predicted octanol–water partition coefficient (Wildman–Crippen LogP) is 3.05. The number of hydrogen-bond acceptors (Lipinski definition) is 4. The van der Waals surface area contributed by atoms with Gasteiger partial charge in [0.05, 0.1) is 26.0 Å². The molecule has 0 aromatic heterocycles. The molecule has 7 heteroatoms. The van der Waals surface area contributed by atoms with Gasteiger partial charge in [-0.2, -0.15) is 0 Å². The van der Waals surface area contributed by atoms with Crippen LogP contribution in [-0.2, 0) is 22.4 Å². The normalized spacial score (nSPS) is 18.7. The van der Waals surface area contributed by atoms with Gasteiger partial charge in [0.2, 0.25) is 11.8 Å². The molecule has 0 aliphatic carbocycles. The van der Waals surface area contributed by atoms with Crippen LogP contribution in [0.5, 0.6) is 5.75 Å². The van der Waals surface area contributed by atoms with Gasteiger partial charge < -0.3 is 20.3 Å². The van der Waals surface area contributed by atoms with Gasteiger partial charge in [0.25, 0.3) is 0 Å². The predicted molar refractivity (Wildman–Crippen MR) is 113 cm³/mol. The standard InChI is InChI=1S/C22H24ClN3O3/c1-29-19-8-14(7-16(23)12-19)9-21(27)25-6-2-3-18(13-25)26-20-5-4-17(24)10-15(20)11-22(26)28/h4-5,7-8,10,12,18H,2-3,6,9,11,13,24H2,1H3/t18-/m0/s1. The molecule has 2 heterocycles. The molecule has 2 amide bonds. The van der Waals surface area contributed by atoms with Gasteiger partial charge in [0.1, 0.15) is 5.75 Å². The number of nitrogen functional groups attached to an aromatic ring is 1. The third-order valence-corrected chi connectivity index (χ3v) is 5.83. The van der Waals surface area contributed by atoms with Crippen LogP contribution >= 0.6 is 11.6 Å². The Labute approximate surface area is 175 Å². The highest BCUT2D eigenvalue weighted by Gasteiger charge is 2.36. The highest BCUT2D eigenvalue weighted by Crippen LogP contribution is 2.34. The number of amides is 2. The fraction of sp³-hybridized carbons (Fsp3) is 0.364. The van der Waals surface area contributed by atoms with Gasteiger partial charge in [-0.25, -0.2) is 0 Å². The Morgan fingerprint density at radius 3 is 2.90 bits per heavy atom. The topological polar surface area (TPSA) is 75.9 Å². The number of nitrogens with two attached hydrogens (primary N) is 1. The van der Waals surface area contributed by atoms with E-state index in [1.165, 1.54) is 0 Å². The van der Waals surface area contributed by atoms with Crippen molar-refractivity contribution >= 4 is 34.8 Å². The van der Waals surface area contributed by atoms with E-state index >= 15 is 0 Å².